The lowest BCUT2D eigenvalue weighted by Crippen LogP contribution is -2.14. The number of benzene rings is 1. The van der Waals surface area contributed by atoms with E-state index >= 15 is 0 Å². The van der Waals surface area contributed by atoms with Crippen molar-refractivity contribution in [2.24, 2.45) is 5.92 Å². The molecule has 0 radical (unpaired) electrons. The van der Waals surface area contributed by atoms with Crippen LogP contribution in [0.5, 0.6) is 0 Å². The predicted octanol–water partition coefficient (Wildman–Crippen LogP) is 3.85. The zero-order chi connectivity index (χ0) is 19.3. The SMILES string of the molecule is CS(=O)(=O)c1ccc(-c2ccc(NC(=O)CCC3CCCCC3)cc2)nn1. The van der Waals surface area contributed by atoms with Crippen LogP contribution < -0.4 is 5.32 Å². The number of hydrogen-bond donors (Lipinski definition) is 1. The molecule has 7 heteroatoms. The topological polar surface area (TPSA) is 89.0 Å². The highest BCUT2D eigenvalue weighted by Crippen LogP contribution is 2.27. The van der Waals surface area contributed by atoms with E-state index in [1.54, 1.807) is 6.07 Å². The molecule has 1 saturated carbocycles. The minimum absolute atomic E-state index is 0.0469. The van der Waals surface area contributed by atoms with E-state index in [0.29, 0.717) is 18.0 Å². The van der Waals surface area contributed by atoms with Crippen LogP contribution in [0, 0.1) is 5.92 Å². The lowest BCUT2D eigenvalue weighted by molar-refractivity contribution is -0.116. The molecule has 1 aromatic heterocycles. The highest BCUT2D eigenvalue weighted by Gasteiger charge is 2.15. The zero-order valence-electron chi connectivity index (χ0n) is 15.5. The smallest absolute Gasteiger partial charge is 0.224 e. The van der Waals surface area contributed by atoms with Crippen LogP contribution in [0.1, 0.15) is 44.9 Å². The summed E-state index contributed by atoms with van der Waals surface area (Å²) in [5.41, 5.74) is 2.13. The van der Waals surface area contributed by atoms with Gasteiger partial charge in [0.25, 0.3) is 0 Å². The van der Waals surface area contributed by atoms with E-state index in [-0.39, 0.29) is 10.9 Å². The number of rotatable bonds is 6. The van der Waals surface area contributed by atoms with Gasteiger partial charge in [-0.25, -0.2) is 8.42 Å². The molecule has 0 spiro atoms. The third kappa shape index (κ3) is 5.60. The Morgan fingerprint density at radius 2 is 1.74 bits per heavy atom. The summed E-state index contributed by atoms with van der Waals surface area (Å²) in [6.45, 7) is 0. The van der Waals surface area contributed by atoms with Crippen molar-refractivity contribution in [2.75, 3.05) is 11.6 Å². The van der Waals surface area contributed by atoms with Crippen molar-refractivity contribution in [2.45, 2.75) is 50.0 Å². The Hall–Kier alpha value is -2.28. The maximum Gasteiger partial charge on any atom is 0.224 e. The molecule has 0 atom stereocenters. The van der Waals surface area contributed by atoms with E-state index in [0.717, 1.165) is 23.9 Å². The minimum atomic E-state index is -3.36. The fraction of sp³-hybridized carbons (Fsp3) is 0.450. The summed E-state index contributed by atoms with van der Waals surface area (Å²) in [5, 5.41) is 10.6. The molecular weight excluding hydrogens is 362 g/mol. The number of sulfone groups is 1. The van der Waals surface area contributed by atoms with Crippen molar-refractivity contribution in [3.63, 3.8) is 0 Å². The van der Waals surface area contributed by atoms with E-state index in [1.165, 1.54) is 38.2 Å². The molecular formula is C20H25N3O3S. The second-order valence-corrected chi connectivity index (χ2v) is 9.16. The second-order valence-electron chi connectivity index (χ2n) is 7.20. The molecule has 1 fully saturated rings. The fourth-order valence-corrected chi connectivity index (χ4v) is 3.93. The molecule has 2 aromatic rings. The average Bonchev–Trinajstić information content (AvgIpc) is 2.67. The van der Waals surface area contributed by atoms with Crippen molar-refractivity contribution in [1.82, 2.24) is 10.2 Å². The third-order valence-electron chi connectivity index (χ3n) is 4.99. The standard InChI is InChI=1S/C20H25N3O3S/c1-27(25,26)20-14-12-18(22-23-20)16-8-10-17(11-9-16)21-19(24)13-7-15-5-3-2-4-6-15/h8-12,14-15H,2-7,13H2,1H3,(H,21,24). The molecule has 1 heterocycles. The molecule has 27 heavy (non-hydrogen) atoms. The molecule has 1 aliphatic carbocycles. The van der Waals surface area contributed by atoms with Crippen LogP contribution in [0.15, 0.2) is 41.4 Å². The van der Waals surface area contributed by atoms with Crippen molar-refractivity contribution >= 4 is 21.4 Å². The van der Waals surface area contributed by atoms with Crippen molar-refractivity contribution in [3.8, 4) is 11.3 Å². The Kier molecular flexibility index (Phi) is 6.21. The van der Waals surface area contributed by atoms with Crippen LogP contribution in [0.25, 0.3) is 11.3 Å². The van der Waals surface area contributed by atoms with Gasteiger partial charge in [-0.05, 0) is 36.6 Å². The quantitative estimate of drug-likeness (QED) is 0.813. The van der Waals surface area contributed by atoms with Gasteiger partial charge in [-0.3, -0.25) is 4.79 Å². The van der Waals surface area contributed by atoms with Gasteiger partial charge in [0.15, 0.2) is 14.9 Å². The number of carbonyl (C=O) groups is 1. The number of carbonyl (C=O) groups excluding carboxylic acids is 1. The molecule has 1 amide bonds. The Labute approximate surface area is 160 Å². The van der Waals surface area contributed by atoms with Crippen molar-refractivity contribution in [1.29, 1.82) is 0 Å². The Balaban J connectivity index is 1.55. The van der Waals surface area contributed by atoms with Gasteiger partial charge in [-0.2, -0.15) is 0 Å². The molecule has 144 valence electrons. The number of nitrogens with zero attached hydrogens (tertiary/aromatic N) is 2. The first-order chi connectivity index (χ1) is 12.9. The van der Waals surface area contributed by atoms with E-state index < -0.39 is 9.84 Å². The first-order valence-electron chi connectivity index (χ1n) is 9.36. The van der Waals surface area contributed by atoms with Gasteiger partial charge in [0.2, 0.25) is 5.91 Å². The van der Waals surface area contributed by atoms with Crippen molar-refractivity contribution < 1.29 is 13.2 Å². The molecule has 3 rings (SSSR count). The summed E-state index contributed by atoms with van der Waals surface area (Å²) in [6.07, 6.45) is 9.04. The Morgan fingerprint density at radius 1 is 1.04 bits per heavy atom. The molecule has 1 aromatic carbocycles. The summed E-state index contributed by atoms with van der Waals surface area (Å²) in [6, 6.07) is 10.4. The lowest BCUT2D eigenvalue weighted by atomic mass is 9.86. The Morgan fingerprint density at radius 3 is 2.33 bits per heavy atom. The second kappa shape index (κ2) is 8.61. The van der Waals surface area contributed by atoms with E-state index in [1.807, 2.05) is 24.3 Å². The van der Waals surface area contributed by atoms with Gasteiger partial charge in [-0.1, -0.05) is 44.2 Å². The molecule has 6 nitrogen and oxygen atoms in total. The summed E-state index contributed by atoms with van der Waals surface area (Å²) < 4.78 is 22.9. The van der Waals surface area contributed by atoms with E-state index in [9.17, 15) is 13.2 Å². The van der Waals surface area contributed by atoms with Crippen molar-refractivity contribution in [3.05, 3.63) is 36.4 Å². The van der Waals surface area contributed by atoms with Crippen LogP contribution in [-0.4, -0.2) is 30.8 Å². The monoisotopic (exact) mass is 387 g/mol. The van der Waals surface area contributed by atoms with Gasteiger partial charge in [0, 0.05) is 23.9 Å². The number of hydrogen-bond acceptors (Lipinski definition) is 5. The fourth-order valence-electron chi connectivity index (χ4n) is 3.43. The molecule has 0 bridgehead atoms. The van der Waals surface area contributed by atoms with Crippen LogP contribution in [0.3, 0.4) is 0 Å². The number of aromatic nitrogens is 2. The summed E-state index contributed by atoms with van der Waals surface area (Å²) in [5.74, 6) is 0.742. The van der Waals surface area contributed by atoms with Crippen LogP contribution in [-0.2, 0) is 14.6 Å². The van der Waals surface area contributed by atoms with Gasteiger partial charge in [0.05, 0.1) is 5.69 Å². The third-order valence-corrected chi connectivity index (χ3v) is 5.97. The van der Waals surface area contributed by atoms with E-state index in [4.69, 9.17) is 0 Å². The largest absolute Gasteiger partial charge is 0.326 e. The van der Waals surface area contributed by atoms with Crippen LogP contribution >= 0.6 is 0 Å². The maximum atomic E-state index is 12.2. The first-order valence-corrected chi connectivity index (χ1v) is 11.2. The average molecular weight is 388 g/mol. The number of amides is 1. The summed E-state index contributed by atoms with van der Waals surface area (Å²) >= 11 is 0. The number of nitrogens with one attached hydrogen (secondary N) is 1. The Bertz CT molecular complexity index is 872. The normalized spacial score (nSPS) is 15.4. The minimum Gasteiger partial charge on any atom is -0.326 e. The summed E-state index contributed by atoms with van der Waals surface area (Å²) in [7, 11) is -3.36. The highest BCUT2D eigenvalue weighted by atomic mass is 32.2. The molecule has 0 unspecified atom stereocenters. The molecule has 1 N–H and O–H groups in total. The van der Waals surface area contributed by atoms with Gasteiger partial charge >= 0.3 is 0 Å². The zero-order valence-corrected chi connectivity index (χ0v) is 16.3. The molecule has 0 aliphatic heterocycles. The first kappa shape index (κ1) is 19.5. The lowest BCUT2D eigenvalue weighted by Gasteiger charge is -2.21. The van der Waals surface area contributed by atoms with Gasteiger partial charge in [-0.15, -0.1) is 10.2 Å². The maximum absolute atomic E-state index is 12.2. The summed E-state index contributed by atoms with van der Waals surface area (Å²) in [4.78, 5) is 12.2. The van der Waals surface area contributed by atoms with Gasteiger partial charge in [0.1, 0.15) is 0 Å². The van der Waals surface area contributed by atoms with Crippen LogP contribution in [0.4, 0.5) is 5.69 Å². The highest BCUT2D eigenvalue weighted by molar-refractivity contribution is 7.90. The van der Waals surface area contributed by atoms with E-state index in [2.05, 4.69) is 15.5 Å². The predicted molar refractivity (Wildman–Crippen MR) is 105 cm³/mol. The van der Waals surface area contributed by atoms with Gasteiger partial charge < -0.3 is 5.32 Å². The molecule has 1 aliphatic rings. The van der Waals surface area contributed by atoms with Crippen LogP contribution in [0.2, 0.25) is 0 Å². The molecule has 0 saturated heterocycles. The number of anilines is 1.